The fourth-order valence-electron chi connectivity index (χ4n) is 1.21. The Morgan fingerprint density at radius 1 is 1.53 bits per heavy atom. The van der Waals surface area contributed by atoms with Crippen LogP contribution in [-0.4, -0.2) is 17.4 Å². The van der Waals surface area contributed by atoms with Crippen molar-refractivity contribution in [3.05, 3.63) is 24.0 Å². The normalized spacial score (nSPS) is 10.6. The number of thioether (sulfide) groups is 1. The molecule has 17 heavy (non-hydrogen) atoms. The van der Waals surface area contributed by atoms with Gasteiger partial charge < -0.3 is 11.1 Å². The molecule has 0 unspecified atom stereocenters. The van der Waals surface area contributed by atoms with Crippen molar-refractivity contribution in [3.63, 3.8) is 0 Å². The number of nitrogens with two attached hydrogens (primary N) is 1. The molecule has 94 valence electrons. The highest BCUT2D eigenvalue weighted by atomic mass is 32.2. The molecule has 0 aromatic heterocycles. The van der Waals surface area contributed by atoms with Crippen LogP contribution in [0.15, 0.2) is 18.2 Å². The molecular formula is C12H17FN2OS. The zero-order valence-electron chi connectivity index (χ0n) is 10.00. The fourth-order valence-corrected chi connectivity index (χ4v) is 2.06. The van der Waals surface area contributed by atoms with E-state index in [1.54, 1.807) is 11.8 Å². The summed E-state index contributed by atoms with van der Waals surface area (Å²) >= 11 is 1.55. The van der Waals surface area contributed by atoms with Gasteiger partial charge in [-0.1, -0.05) is 13.8 Å². The van der Waals surface area contributed by atoms with E-state index in [0.717, 1.165) is 5.75 Å². The average molecular weight is 256 g/mol. The summed E-state index contributed by atoms with van der Waals surface area (Å²) in [7, 11) is 0. The molecule has 3 N–H and O–H groups in total. The van der Waals surface area contributed by atoms with Crippen LogP contribution in [0, 0.1) is 11.7 Å². The summed E-state index contributed by atoms with van der Waals surface area (Å²) in [6, 6.07) is 3.92. The van der Waals surface area contributed by atoms with Gasteiger partial charge in [0.1, 0.15) is 5.82 Å². The molecule has 1 rings (SSSR count). The van der Waals surface area contributed by atoms with Crippen molar-refractivity contribution >= 4 is 29.0 Å². The van der Waals surface area contributed by atoms with Gasteiger partial charge in [0.2, 0.25) is 5.91 Å². The number of nitrogens with one attached hydrogen (secondary N) is 1. The largest absolute Gasteiger partial charge is 0.397 e. The Bertz CT molecular complexity index is 396. The molecule has 1 aromatic carbocycles. The summed E-state index contributed by atoms with van der Waals surface area (Å²) in [5, 5.41) is 2.60. The maximum absolute atomic E-state index is 12.9. The maximum atomic E-state index is 12.9. The van der Waals surface area contributed by atoms with E-state index in [1.165, 1.54) is 18.2 Å². The van der Waals surface area contributed by atoms with Crippen LogP contribution in [-0.2, 0) is 4.79 Å². The Morgan fingerprint density at radius 3 is 2.88 bits per heavy atom. The number of carbonyl (C=O) groups excluding carboxylic acids is 1. The smallest absolute Gasteiger partial charge is 0.234 e. The third-order valence-electron chi connectivity index (χ3n) is 1.97. The second-order valence-corrected chi connectivity index (χ2v) is 5.22. The zero-order valence-corrected chi connectivity index (χ0v) is 10.8. The van der Waals surface area contributed by atoms with Crippen molar-refractivity contribution in [1.82, 2.24) is 0 Å². The molecule has 5 heteroatoms. The van der Waals surface area contributed by atoms with Crippen LogP contribution in [0.5, 0.6) is 0 Å². The first-order chi connectivity index (χ1) is 7.99. The lowest BCUT2D eigenvalue weighted by Gasteiger charge is -2.08. The molecule has 0 heterocycles. The van der Waals surface area contributed by atoms with E-state index in [9.17, 15) is 9.18 Å². The number of rotatable bonds is 5. The van der Waals surface area contributed by atoms with E-state index in [0.29, 0.717) is 23.0 Å². The van der Waals surface area contributed by atoms with Gasteiger partial charge in [0.15, 0.2) is 0 Å². The van der Waals surface area contributed by atoms with Crippen molar-refractivity contribution in [2.75, 3.05) is 22.6 Å². The fraction of sp³-hybridized carbons (Fsp3) is 0.417. The van der Waals surface area contributed by atoms with Gasteiger partial charge in [-0.3, -0.25) is 4.79 Å². The average Bonchev–Trinajstić information content (AvgIpc) is 2.23. The molecule has 0 radical (unpaired) electrons. The van der Waals surface area contributed by atoms with E-state index in [2.05, 4.69) is 19.2 Å². The summed E-state index contributed by atoms with van der Waals surface area (Å²) in [5.41, 5.74) is 6.33. The van der Waals surface area contributed by atoms with Gasteiger partial charge >= 0.3 is 0 Å². The van der Waals surface area contributed by atoms with Crippen LogP contribution in [0.3, 0.4) is 0 Å². The van der Waals surface area contributed by atoms with Gasteiger partial charge in [-0.2, -0.15) is 11.8 Å². The molecule has 1 aromatic rings. The van der Waals surface area contributed by atoms with E-state index < -0.39 is 5.82 Å². The Balaban J connectivity index is 2.47. The van der Waals surface area contributed by atoms with Crippen molar-refractivity contribution < 1.29 is 9.18 Å². The predicted molar refractivity (Wildman–Crippen MR) is 71.6 cm³/mol. The molecule has 3 nitrogen and oxygen atoms in total. The first-order valence-corrected chi connectivity index (χ1v) is 6.57. The lowest BCUT2D eigenvalue weighted by Crippen LogP contribution is -2.16. The molecule has 0 aliphatic rings. The van der Waals surface area contributed by atoms with Crippen molar-refractivity contribution in [2.24, 2.45) is 5.92 Å². The van der Waals surface area contributed by atoms with Gasteiger partial charge in [-0.05, 0) is 29.9 Å². The molecule has 0 saturated heterocycles. The van der Waals surface area contributed by atoms with Crippen molar-refractivity contribution in [2.45, 2.75) is 13.8 Å². The number of nitrogen functional groups attached to an aromatic ring is 1. The third kappa shape index (κ3) is 5.08. The Labute approximate surface area is 105 Å². The molecule has 0 atom stereocenters. The van der Waals surface area contributed by atoms with Gasteiger partial charge in [0.05, 0.1) is 17.1 Å². The first-order valence-electron chi connectivity index (χ1n) is 5.41. The van der Waals surface area contributed by atoms with Gasteiger partial charge in [0, 0.05) is 0 Å². The lowest BCUT2D eigenvalue weighted by atomic mass is 10.2. The van der Waals surface area contributed by atoms with Gasteiger partial charge in [0.25, 0.3) is 0 Å². The molecule has 0 bridgehead atoms. The summed E-state index contributed by atoms with van der Waals surface area (Å²) < 4.78 is 12.9. The van der Waals surface area contributed by atoms with Crippen molar-refractivity contribution in [1.29, 1.82) is 0 Å². The van der Waals surface area contributed by atoms with Crippen LogP contribution in [0.1, 0.15) is 13.8 Å². The van der Waals surface area contributed by atoms with Crippen LogP contribution in [0.4, 0.5) is 15.8 Å². The minimum absolute atomic E-state index is 0.159. The molecule has 1 amide bonds. The number of halogens is 1. The second kappa shape index (κ2) is 6.49. The molecule has 0 spiro atoms. The lowest BCUT2D eigenvalue weighted by molar-refractivity contribution is -0.113. The van der Waals surface area contributed by atoms with Crippen LogP contribution in [0.2, 0.25) is 0 Å². The minimum Gasteiger partial charge on any atom is -0.397 e. The minimum atomic E-state index is -0.413. The number of carbonyl (C=O) groups is 1. The Hall–Kier alpha value is -1.23. The number of amides is 1. The van der Waals surface area contributed by atoms with E-state index >= 15 is 0 Å². The molecular weight excluding hydrogens is 239 g/mol. The quantitative estimate of drug-likeness (QED) is 0.796. The standard InChI is InChI=1S/C12H17FN2OS/c1-8(2)6-17-7-12(16)15-11-5-9(13)3-4-10(11)14/h3-5,8H,6-7,14H2,1-2H3,(H,15,16). The topological polar surface area (TPSA) is 55.1 Å². The predicted octanol–water partition coefficient (Wildman–Crippen LogP) is 2.74. The number of anilines is 2. The van der Waals surface area contributed by atoms with Crippen molar-refractivity contribution in [3.8, 4) is 0 Å². The van der Waals surface area contributed by atoms with E-state index in [4.69, 9.17) is 5.73 Å². The Kier molecular flexibility index (Phi) is 5.28. The highest BCUT2D eigenvalue weighted by molar-refractivity contribution is 7.99. The number of hydrogen-bond donors (Lipinski definition) is 2. The SMILES string of the molecule is CC(C)CSCC(=O)Nc1cc(F)ccc1N. The number of benzene rings is 1. The van der Waals surface area contributed by atoms with E-state index in [-0.39, 0.29) is 5.91 Å². The summed E-state index contributed by atoms with van der Waals surface area (Å²) in [4.78, 5) is 11.5. The third-order valence-corrected chi connectivity index (χ3v) is 3.34. The van der Waals surface area contributed by atoms with Gasteiger partial charge in [-0.25, -0.2) is 4.39 Å². The second-order valence-electron chi connectivity index (χ2n) is 4.19. The summed E-state index contributed by atoms with van der Waals surface area (Å²) in [6.07, 6.45) is 0. The first kappa shape index (κ1) is 13.8. The summed E-state index contributed by atoms with van der Waals surface area (Å²) in [5.74, 6) is 1.25. The molecule has 0 fully saturated rings. The molecule has 0 aliphatic heterocycles. The zero-order chi connectivity index (χ0) is 12.8. The maximum Gasteiger partial charge on any atom is 0.234 e. The Morgan fingerprint density at radius 2 is 2.24 bits per heavy atom. The van der Waals surface area contributed by atoms with E-state index in [1.807, 2.05) is 0 Å². The van der Waals surface area contributed by atoms with Gasteiger partial charge in [-0.15, -0.1) is 0 Å². The number of hydrogen-bond acceptors (Lipinski definition) is 3. The molecule has 0 saturated carbocycles. The van der Waals surface area contributed by atoms with Crippen LogP contribution < -0.4 is 11.1 Å². The molecule has 0 aliphatic carbocycles. The summed E-state index contributed by atoms with van der Waals surface area (Å²) in [6.45, 7) is 4.19. The highest BCUT2D eigenvalue weighted by Crippen LogP contribution is 2.19. The monoisotopic (exact) mass is 256 g/mol. The van der Waals surface area contributed by atoms with Crippen LogP contribution in [0.25, 0.3) is 0 Å². The highest BCUT2D eigenvalue weighted by Gasteiger charge is 2.07. The van der Waals surface area contributed by atoms with Crippen LogP contribution >= 0.6 is 11.8 Å².